The lowest BCUT2D eigenvalue weighted by atomic mass is 10.3. The predicted molar refractivity (Wildman–Crippen MR) is 73.4 cm³/mol. The third-order valence-corrected chi connectivity index (χ3v) is 3.04. The molecule has 3 rings (SSSR count). The van der Waals surface area contributed by atoms with Crippen LogP contribution in [0.25, 0.3) is 11.0 Å². The van der Waals surface area contributed by atoms with Crippen molar-refractivity contribution in [3.05, 3.63) is 47.9 Å². The van der Waals surface area contributed by atoms with Crippen molar-refractivity contribution in [2.45, 2.75) is 13.3 Å². The second-order valence-corrected chi connectivity index (χ2v) is 4.47. The van der Waals surface area contributed by atoms with E-state index in [1.54, 1.807) is 6.92 Å². The molecule has 2 N–H and O–H groups in total. The number of carbonyl (C=O) groups is 1. The van der Waals surface area contributed by atoms with Gasteiger partial charge in [0.05, 0.1) is 16.7 Å². The average molecular weight is 270 g/mol. The van der Waals surface area contributed by atoms with Crippen LogP contribution in [0.5, 0.6) is 0 Å². The fourth-order valence-electron chi connectivity index (χ4n) is 2.02. The highest BCUT2D eigenvalue weighted by molar-refractivity contribution is 5.92. The Hall–Kier alpha value is -2.63. The summed E-state index contributed by atoms with van der Waals surface area (Å²) in [5.41, 5.74) is 2.52. The number of hydrogen-bond acceptors (Lipinski definition) is 4. The first-order chi connectivity index (χ1) is 9.74. The number of rotatable bonds is 4. The van der Waals surface area contributed by atoms with Gasteiger partial charge in [-0.1, -0.05) is 12.1 Å². The molecule has 2 heterocycles. The first-order valence-corrected chi connectivity index (χ1v) is 6.36. The highest BCUT2D eigenvalue weighted by Crippen LogP contribution is 2.10. The minimum atomic E-state index is -0.254. The maximum absolute atomic E-state index is 11.8. The number of nitrogens with zero attached hydrogens (tertiary/aromatic N) is 2. The normalized spacial score (nSPS) is 10.8. The van der Waals surface area contributed by atoms with Gasteiger partial charge in [0.2, 0.25) is 5.76 Å². The van der Waals surface area contributed by atoms with Crippen molar-refractivity contribution in [2.75, 3.05) is 6.54 Å². The molecule has 0 atom stereocenters. The Balaban J connectivity index is 1.60. The Morgan fingerprint density at radius 1 is 1.40 bits per heavy atom. The predicted octanol–water partition coefficient (Wildman–Crippen LogP) is 1.83. The molecule has 0 radical (unpaired) electrons. The van der Waals surface area contributed by atoms with Gasteiger partial charge in [0.15, 0.2) is 6.39 Å². The number of H-pyrrole nitrogens is 1. The van der Waals surface area contributed by atoms with E-state index in [4.69, 9.17) is 4.42 Å². The standard InChI is InChI=1S/C14H14N4O2/c1-9-13(20-8-16-9)14(19)15-7-6-12-17-10-4-2-3-5-11(10)18-12/h2-5,8H,6-7H2,1H3,(H,15,19)(H,17,18). The minimum Gasteiger partial charge on any atom is -0.438 e. The van der Waals surface area contributed by atoms with Gasteiger partial charge in [-0.3, -0.25) is 4.79 Å². The Morgan fingerprint density at radius 3 is 3.00 bits per heavy atom. The quantitative estimate of drug-likeness (QED) is 0.757. The summed E-state index contributed by atoms with van der Waals surface area (Å²) in [7, 11) is 0. The Labute approximate surface area is 115 Å². The van der Waals surface area contributed by atoms with E-state index < -0.39 is 0 Å². The van der Waals surface area contributed by atoms with Gasteiger partial charge >= 0.3 is 0 Å². The Bertz CT molecular complexity index is 711. The summed E-state index contributed by atoms with van der Waals surface area (Å²) in [5.74, 6) is 0.853. The number of nitrogens with one attached hydrogen (secondary N) is 2. The number of amides is 1. The summed E-state index contributed by atoms with van der Waals surface area (Å²) in [6.45, 7) is 2.22. The van der Waals surface area contributed by atoms with E-state index in [1.807, 2.05) is 24.3 Å². The maximum atomic E-state index is 11.8. The van der Waals surface area contributed by atoms with Gasteiger partial charge in [0, 0.05) is 13.0 Å². The van der Waals surface area contributed by atoms with Crippen LogP contribution in [0.15, 0.2) is 35.1 Å². The molecule has 0 saturated heterocycles. The van der Waals surface area contributed by atoms with Crippen molar-refractivity contribution < 1.29 is 9.21 Å². The third kappa shape index (κ3) is 2.40. The lowest BCUT2D eigenvalue weighted by Crippen LogP contribution is -2.26. The molecule has 0 unspecified atom stereocenters. The van der Waals surface area contributed by atoms with E-state index in [0.29, 0.717) is 18.7 Å². The molecule has 0 aliphatic heterocycles. The molecular weight excluding hydrogens is 256 g/mol. The fraction of sp³-hybridized carbons (Fsp3) is 0.214. The van der Waals surface area contributed by atoms with Crippen molar-refractivity contribution in [3.8, 4) is 0 Å². The highest BCUT2D eigenvalue weighted by atomic mass is 16.3. The van der Waals surface area contributed by atoms with Crippen molar-refractivity contribution in [3.63, 3.8) is 0 Å². The molecule has 2 aromatic heterocycles. The van der Waals surface area contributed by atoms with E-state index >= 15 is 0 Å². The molecule has 3 aromatic rings. The monoisotopic (exact) mass is 270 g/mol. The van der Waals surface area contributed by atoms with E-state index in [-0.39, 0.29) is 11.7 Å². The molecule has 0 aliphatic rings. The number of aromatic amines is 1. The number of aryl methyl sites for hydroxylation is 1. The van der Waals surface area contributed by atoms with Crippen molar-refractivity contribution >= 4 is 16.9 Å². The largest absolute Gasteiger partial charge is 0.438 e. The van der Waals surface area contributed by atoms with Crippen LogP contribution in [-0.4, -0.2) is 27.4 Å². The molecule has 0 bridgehead atoms. The minimum absolute atomic E-state index is 0.254. The zero-order valence-corrected chi connectivity index (χ0v) is 11.0. The van der Waals surface area contributed by atoms with Crippen LogP contribution in [0, 0.1) is 6.92 Å². The van der Waals surface area contributed by atoms with Gasteiger partial charge in [0.1, 0.15) is 5.82 Å². The number of benzene rings is 1. The number of fused-ring (bicyclic) bond motifs is 1. The summed E-state index contributed by atoms with van der Waals surface area (Å²) in [4.78, 5) is 23.4. The molecule has 1 amide bonds. The number of hydrogen-bond donors (Lipinski definition) is 2. The summed E-state index contributed by atoms with van der Waals surface area (Å²) in [6.07, 6.45) is 1.90. The summed E-state index contributed by atoms with van der Waals surface area (Å²) in [6, 6.07) is 7.83. The van der Waals surface area contributed by atoms with E-state index in [2.05, 4.69) is 20.3 Å². The molecule has 6 heteroatoms. The van der Waals surface area contributed by atoms with Crippen LogP contribution in [0.4, 0.5) is 0 Å². The van der Waals surface area contributed by atoms with Crippen LogP contribution in [-0.2, 0) is 6.42 Å². The number of para-hydroxylation sites is 2. The molecular formula is C14H14N4O2. The number of aromatic nitrogens is 3. The third-order valence-electron chi connectivity index (χ3n) is 3.04. The molecule has 6 nitrogen and oxygen atoms in total. The SMILES string of the molecule is Cc1ncoc1C(=O)NCCc1nc2ccccc2[nH]1. The fourth-order valence-corrected chi connectivity index (χ4v) is 2.02. The van der Waals surface area contributed by atoms with Gasteiger partial charge in [-0.25, -0.2) is 9.97 Å². The van der Waals surface area contributed by atoms with Crippen LogP contribution in [0.1, 0.15) is 22.1 Å². The molecule has 0 spiro atoms. The van der Waals surface area contributed by atoms with Crippen molar-refractivity contribution in [1.29, 1.82) is 0 Å². The van der Waals surface area contributed by atoms with Crippen LogP contribution in [0.2, 0.25) is 0 Å². The number of carbonyl (C=O) groups excluding carboxylic acids is 1. The summed E-state index contributed by atoms with van der Waals surface area (Å²) in [5, 5.41) is 2.79. The van der Waals surface area contributed by atoms with E-state index in [9.17, 15) is 4.79 Å². The molecule has 20 heavy (non-hydrogen) atoms. The lowest BCUT2D eigenvalue weighted by Gasteiger charge is -2.01. The number of imidazole rings is 1. The molecule has 1 aromatic carbocycles. The number of oxazole rings is 1. The smallest absolute Gasteiger partial charge is 0.289 e. The van der Waals surface area contributed by atoms with Crippen molar-refractivity contribution in [1.82, 2.24) is 20.3 Å². The van der Waals surface area contributed by atoms with Crippen LogP contribution < -0.4 is 5.32 Å². The van der Waals surface area contributed by atoms with E-state index in [1.165, 1.54) is 6.39 Å². The first kappa shape index (κ1) is 12.4. The topological polar surface area (TPSA) is 83.8 Å². The summed E-state index contributed by atoms with van der Waals surface area (Å²) < 4.78 is 5.03. The van der Waals surface area contributed by atoms with Gasteiger partial charge in [-0.05, 0) is 19.1 Å². The van der Waals surface area contributed by atoms with Crippen LogP contribution in [0.3, 0.4) is 0 Å². The van der Waals surface area contributed by atoms with Gasteiger partial charge in [-0.15, -0.1) is 0 Å². The second-order valence-electron chi connectivity index (χ2n) is 4.47. The second kappa shape index (κ2) is 5.16. The molecule has 0 saturated carbocycles. The molecule has 0 aliphatic carbocycles. The van der Waals surface area contributed by atoms with E-state index in [0.717, 1.165) is 16.9 Å². The zero-order chi connectivity index (χ0) is 13.9. The van der Waals surface area contributed by atoms with Gasteiger partial charge in [0.25, 0.3) is 5.91 Å². The molecule has 102 valence electrons. The average Bonchev–Trinajstić information content (AvgIpc) is 3.04. The summed E-state index contributed by atoms with van der Waals surface area (Å²) >= 11 is 0. The lowest BCUT2D eigenvalue weighted by molar-refractivity contribution is 0.0925. The first-order valence-electron chi connectivity index (χ1n) is 6.36. The van der Waals surface area contributed by atoms with Crippen molar-refractivity contribution in [2.24, 2.45) is 0 Å². The van der Waals surface area contributed by atoms with Crippen LogP contribution >= 0.6 is 0 Å². The van der Waals surface area contributed by atoms with Gasteiger partial charge < -0.3 is 14.7 Å². The zero-order valence-electron chi connectivity index (χ0n) is 11.0. The Kier molecular flexibility index (Phi) is 3.20. The molecule has 0 fully saturated rings. The van der Waals surface area contributed by atoms with Gasteiger partial charge in [-0.2, -0.15) is 0 Å². The highest BCUT2D eigenvalue weighted by Gasteiger charge is 2.13. The Morgan fingerprint density at radius 2 is 2.25 bits per heavy atom. The maximum Gasteiger partial charge on any atom is 0.289 e.